The number of sulfonamides is 1. The number of ether oxygens (including phenoxy) is 1. The molecule has 2 aromatic carbocycles. The summed E-state index contributed by atoms with van der Waals surface area (Å²) in [4.78, 5) is 11.1. The van der Waals surface area contributed by atoms with Crippen LogP contribution in [0.5, 0.6) is 0 Å². The third-order valence-corrected chi connectivity index (χ3v) is 5.17. The lowest BCUT2D eigenvalue weighted by atomic mass is 10.00. The number of carbonyl (C=O) groups is 1. The summed E-state index contributed by atoms with van der Waals surface area (Å²) >= 11 is 0. The lowest BCUT2D eigenvalue weighted by Gasteiger charge is -2.17. The first-order valence-electron chi connectivity index (χ1n) is 8.09. The summed E-state index contributed by atoms with van der Waals surface area (Å²) in [5.74, 6) is -5.94. The Morgan fingerprint density at radius 1 is 1.07 bits per heavy atom. The van der Waals surface area contributed by atoms with E-state index < -0.39 is 50.8 Å². The Morgan fingerprint density at radius 2 is 1.70 bits per heavy atom. The normalized spacial score (nSPS) is 12.6. The maximum absolute atomic E-state index is 13.8. The number of hydrogen-bond donors (Lipinski definition) is 1. The predicted molar refractivity (Wildman–Crippen MR) is 91.8 cm³/mol. The number of rotatable bonds is 8. The fourth-order valence-corrected chi connectivity index (χ4v) is 3.55. The van der Waals surface area contributed by atoms with Crippen LogP contribution >= 0.6 is 0 Å². The monoisotopic (exact) mass is 401 g/mol. The molecule has 0 aliphatic heterocycles. The van der Waals surface area contributed by atoms with E-state index in [0.29, 0.717) is 0 Å². The highest BCUT2D eigenvalue weighted by Crippen LogP contribution is 2.19. The number of carbonyl (C=O) groups excluding carboxylic acids is 1. The molecule has 0 amide bonds. The minimum atomic E-state index is -4.51. The molecule has 0 spiro atoms. The molecule has 146 valence electrons. The van der Waals surface area contributed by atoms with Crippen molar-refractivity contribution in [1.82, 2.24) is 4.72 Å². The van der Waals surface area contributed by atoms with E-state index in [1.165, 1.54) is 0 Å². The molecule has 0 bridgehead atoms. The van der Waals surface area contributed by atoms with Crippen molar-refractivity contribution in [2.24, 2.45) is 5.92 Å². The van der Waals surface area contributed by atoms with Gasteiger partial charge in [-0.25, -0.2) is 26.3 Å². The minimum Gasteiger partial charge on any atom is -0.466 e. The predicted octanol–water partition coefficient (Wildman–Crippen LogP) is 2.80. The van der Waals surface area contributed by atoms with E-state index >= 15 is 0 Å². The number of nitrogens with one attached hydrogen (secondary N) is 1. The summed E-state index contributed by atoms with van der Waals surface area (Å²) in [6.45, 7) is 1.32. The number of esters is 1. The second kappa shape index (κ2) is 9.01. The Hall–Kier alpha value is -2.39. The molecule has 2 rings (SSSR count). The van der Waals surface area contributed by atoms with Crippen LogP contribution in [0, 0.1) is 23.4 Å². The lowest BCUT2D eigenvalue weighted by Crippen LogP contribution is -2.35. The van der Waals surface area contributed by atoms with E-state index in [2.05, 4.69) is 4.72 Å². The van der Waals surface area contributed by atoms with Gasteiger partial charge in [-0.1, -0.05) is 30.3 Å². The first kappa shape index (κ1) is 20.9. The van der Waals surface area contributed by atoms with E-state index in [0.717, 1.165) is 5.56 Å². The van der Waals surface area contributed by atoms with Crippen molar-refractivity contribution < 1.29 is 31.1 Å². The Morgan fingerprint density at radius 3 is 2.33 bits per heavy atom. The van der Waals surface area contributed by atoms with Crippen LogP contribution < -0.4 is 4.72 Å². The van der Waals surface area contributed by atoms with Gasteiger partial charge >= 0.3 is 5.97 Å². The molecule has 0 heterocycles. The summed E-state index contributed by atoms with van der Waals surface area (Å²) in [6.07, 6.45) is 0.183. The highest BCUT2D eigenvalue weighted by molar-refractivity contribution is 7.89. The van der Waals surface area contributed by atoms with Gasteiger partial charge in [-0.3, -0.25) is 4.79 Å². The number of halogens is 3. The molecule has 1 atom stereocenters. The molecular formula is C18H18F3NO4S. The van der Waals surface area contributed by atoms with E-state index in [9.17, 15) is 26.4 Å². The Kier molecular flexibility index (Phi) is 6.98. The van der Waals surface area contributed by atoms with Crippen LogP contribution in [0.2, 0.25) is 0 Å². The molecule has 1 N–H and O–H groups in total. The van der Waals surface area contributed by atoms with Crippen LogP contribution in [0.4, 0.5) is 13.2 Å². The largest absolute Gasteiger partial charge is 0.466 e. The summed E-state index contributed by atoms with van der Waals surface area (Å²) in [7, 11) is -4.51. The van der Waals surface area contributed by atoms with Crippen molar-refractivity contribution in [2.45, 2.75) is 18.2 Å². The Labute approximate surface area is 155 Å². The molecule has 0 aliphatic rings. The molecule has 0 fully saturated rings. The molecule has 9 heteroatoms. The number of benzene rings is 2. The fraction of sp³-hybridized carbons (Fsp3) is 0.278. The van der Waals surface area contributed by atoms with Crippen LogP contribution in [0.15, 0.2) is 47.4 Å². The first-order valence-corrected chi connectivity index (χ1v) is 9.57. The molecule has 0 saturated carbocycles. The van der Waals surface area contributed by atoms with Gasteiger partial charge in [0.25, 0.3) is 0 Å². The quantitative estimate of drug-likeness (QED) is 0.545. The van der Waals surface area contributed by atoms with Gasteiger partial charge < -0.3 is 4.74 Å². The van der Waals surface area contributed by atoms with Gasteiger partial charge in [0.2, 0.25) is 10.0 Å². The topological polar surface area (TPSA) is 72.5 Å². The Balaban J connectivity index is 2.20. The van der Waals surface area contributed by atoms with Gasteiger partial charge in [0.15, 0.2) is 11.6 Å². The number of hydrogen-bond acceptors (Lipinski definition) is 4. The van der Waals surface area contributed by atoms with Gasteiger partial charge in [0, 0.05) is 12.6 Å². The standard InChI is InChI=1S/C18H18F3NO4S/c1-2-26-18(23)13(8-12-6-4-3-5-7-12)11-22-27(24,25)17-10-15(20)14(19)9-16(17)21/h3-7,9-10,13,22H,2,8,11H2,1H3. The molecule has 27 heavy (non-hydrogen) atoms. The highest BCUT2D eigenvalue weighted by Gasteiger charge is 2.26. The average molecular weight is 401 g/mol. The molecular weight excluding hydrogens is 383 g/mol. The third-order valence-electron chi connectivity index (χ3n) is 3.73. The van der Waals surface area contributed by atoms with E-state index in [1.807, 2.05) is 0 Å². The van der Waals surface area contributed by atoms with E-state index in [-0.39, 0.29) is 25.2 Å². The van der Waals surface area contributed by atoms with Crippen molar-refractivity contribution >= 4 is 16.0 Å². The van der Waals surface area contributed by atoms with Crippen LogP contribution in [-0.2, 0) is 26.0 Å². The molecule has 0 aromatic heterocycles. The zero-order chi connectivity index (χ0) is 20.0. The smallest absolute Gasteiger partial charge is 0.310 e. The van der Waals surface area contributed by atoms with Gasteiger partial charge in [-0.2, -0.15) is 0 Å². The van der Waals surface area contributed by atoms with Crippen molar-refractivity contribution in [3.05, 3.63) is 65.5 Å². The van der Waals surface area contributed by atoms with Crippen molar-refractivity contribution in [2.75, 3.05) is 13.2 Å². The van der Waals surface area contributed by atoms with E-state index in [1.54, 1.807) is 37.3 Å². The van der Waals surface area contributed by atoms with Crippen molar-refractivity contribution in [3.63, 3.8) is 0 Å². The maximum atomic E-state index is 13.8. The molecule has 0 aliphatic carbocycles. The maximum Gasteiger partial charge on any atom is 0.310 e. The van der Waals surface area contributed by atoms with Gasteiger partial charge in [0.05, 0.1) is 12.5 Å². The van der Waals surface area contributed by atoms with Gasteiger partial charge in [-0.05, 0) is 25.0 Å². The average Bonchev–Trinajstić information content (AvgIpc) is 2.62. The van der Waals surface area contributed by atoms with Crippen LogP contribution in [0.25, 0.3) is 0 Å². The zero-order valence-corrected chi connectivity index (χ0v) is 15.2. The molecule has 1 unspecified atom stereocenters. The van der Waals surface area contributed by atoms with Gasteiger partial charge in [-0.15, -0.1) is 0 Å². The van der Waals surface area contributed by atoms with Gasteiger partial charge in [0.1, 0.15) is 10.7 Å². The van der Waals surface area contributed by atoms with E-state index in [4.69, 9.17) is 4.74 Å². The van der Waals surface area contributed by atoms with Crippen LogP contribution in [-0.4, -0.2) is 27.5 Å². The third kappa shape index (κ3) is 5.54. The fourth-order valence-electron chi connectivity index (χ4n) is 2.40. The molecule has 2 aromatic rings. The van der Waals surface area contributed by atoms with Crippen LogP contribution in [0.1, 0.15) is 12.5 Å². The SMILES string of the molecule is CCOC(=O)C(CNS(=O)(=O)c1cc(F)c(F)cc1F)Cc1ccccc1. The minimum absolute atomic E-state index is 0.106. The molecule has 5 nitrogen and oxygen atoms in total. The van der Waals surface area contributed by atoms with Crippen molar-refractivity contribution in [1.29, 1.82) is 0 Å². The van der Waals surface area contributed by atoms with Crippen molar-refractivity contribution in [3.8, 4) is 0 Å². The molecule has 0 saturated heterocycles. The van der Waals surface area contributed by atoms with Crippen LogP contribution in [0.3, 0.4) is 0 Å². The first-order chi connectivity index (χ1) is 12.7. The summed E-state index contributed by atoms with van der Waals surface area (Å²) in [6, 6.07) is 9.24. The lowest BCUT2D eigenvalue weighted by molar-refractivity contribution is -0.147. The summed E-state index contributed by atoms with van der Waals surface area (Å²) in [5.41, 5.74) is 0.772. The Bertz CT molecular complexity index is 904. The summed E-state index contributed by atoms with van der Waals surface area (Å²) < 4.78 is 71.6. The second-order valence-electron chi connectivity index (χ2n) is 5.69. The highest BCUT2D eigenvalue weighted by atomic mass is 32.2. The molecule has 0 radical (unpaired) electrons. The second-order valence-corrected chi connectivity index (χ2v) is 7.42. The summed E-state index contributed by atoms with van der Waals surface area (Å²) in [5, 5.41) is 0. The zero-order valence-electron chi connectivity index (χ0n) is 14.4.